The highest BCUT2D eigenvalue weighted by molar-refractivity contribution is 7.86. The zero-order valence-electron chi connectivity index (χ0n) is 43.8. The van der Waals surface area contributed by atoms with E-state index < -0.39 is 92.3 Å². The summed E-state index contributed by atoms with van der Waals surface area (Å²) in [6, 6.07) is 9.08. The average Bonchev–Trinajstić information content (AvgIpc) is 3.69. The van der Waals surface area contributed by atoms with E-state index in [4.69, 9.17) is 15.0 Å². The predicted octanol–water partition coefficient (Wildman–Crippen LogP) is 5.07. The van der Waals surface area contributed by atoms with Crippen molar-refractivity contribution in [2.75, 3.05) is 43.5 Å². The number of carbonyl (C=O) groups excluding carboxylic acids is 1. The Kier molecular flexibility index (Phi) is 18.1. The number of hydrogen-bond donors (Lipinski definition) is 9. The number of phosphoric ester groups is 2. The summed E-state index contributed by atoms with van der Waals surface area (Å²) < 4.78 is 134. The first-order valence-corrected chi connectivity index (χ1v) is 32.8. The summed E-state index contributed by atoms with van der Waals surface area (Å²) in [6.07, 6.45) is 5.79. The molecule has 5 heterocycles. The normalized spacial score (nSPS) is 27.0. The Morgan fingerprint density at radius 3 is 2.17 bits per heavy atom. The number of ether oxygens (including phenoxy) is 1. The number of imidazole rings is 1. The SMILES string of the molecule is CCN1/C2=C/C=C/C3=[N+](CCCCCC(=O)NCCCCCCOP(=O)(O)OP(=O)(O)OP(=O)(O)OC[C@H]4O[C@@H](n5cnc6c(N)ncnc65)[C@H](O)[C@@H]4O)c4ccc(S(=O)(=O)O)cc4C3(C)C(C)C2(C)c2cc(S(=O)(=O)O)ccc21. The Morgan fingerprint density at radius 2 is 1.49 bits per heavy atom. The van der Waals surface area contributed by atoms with E-state index in [0.29, 0.717) is 69.3 Å². The molecule has 28 nitrogen and oxygen atoms in total. The number of nitrogens with zero attached hydrogens (tertiary/aromatic N) is 6. The number of unbranched alkanes of at least 4 members (excludes halogenated alkanes) is 5. The van der Waals surface area contributed by atoms with Gasteiger partial charge in [0, 0.05) is 60.4 Å². The van der Waals surface area contributed by atoms with Crippen molar-refractivity contribution >= 4 is 83.7 Å². The number of allylic oxidation sites excluding steroid dienone is 4. The fourth-order valence-corrected chi connectivity index (χ4v) is 15.6. The molecule has 0 radical (unpaired) electrons. The highest BCUT2D eigenvalue weighted by Crippen LogP contribution is 2.68. The Labute approximate surface area is 460 Å². The fraction of sp³-hybridized carbons (Fsp3) is 0.511. The Hall–Kier alpha value is -4.68. The zero-order chi connectivity index (χ0) is 58.4. The molecule has 33 heteroatoms. The van der Waals surface area contributed by atoms with E-state index in [1.807, 2.05) is 45.9 Å². The molecule has 10 atom stereocenters. The molecule has 2 aromatic heterocycles. The maximum absolute atomic E-state index is 12.8. The predicted molar refractivity (Wildman–Crippen MR) is 286 cm³/mol. The minimum Gasteiger partial charge on any atom is -0.387 e. The van der Waals surface area contributed by atoms with Gasteiger partial charge < -0.3 is 45.6 Å². The molecular formula is C47H64N8O20P3S2+. The van der Waals surface area contributed by atoms with Gasteiger partial charge in [-0.1, -0.05) is 25.8 Å². The van der Waals surface area contributed by atoms with Crippen molar-refractivity contribution in [3.8, 4) is 0 Å². The summed E-state index contributed by atoms with van der Waals surface area (Å²) in [6.45, 7) is 8.00. The lowest BCUT2D eigenvalue weighted by Gasteiger charge is -2.44. The Morgan fingerprint density at radius 1 is 0.838 bits per heavy atom. The summed E-state index contributed by atoms with van der Waals surface area (Å²) in [7, 11) is -25.9. The number of aromatic nitrogens is 4. The molecule has 10 N–H and O–H groups in total. The van der Waals surface area contributed by atoms with Gasteiger partial charge in [0.2, 0.25) is 11.6 Å². The molecule has 4 aliphatic rings. The molecule has 438 valence electrons. The minimum absolute atomic E-state index is 0.0222. The number of nitrogen functional groups attached to an aromatic ring is 1. The van der Waals surface area contributed by atoms with E-state index in [0.717, 1.165) is 29.1 Å². The third kappa shape index (κ3) is 12.6. The molecule has 3 aliphatic heterocycles. The molecule has 0 bridgehead atoms. The molecular weight excluding hydrogens is 1150 g/mol. The first kappa shape index (κ1) is 61.4. The number of benzene rings is 2. The van der Waals surface area contributed by atoms with Gasteiger partial charge in [-0.25, -0.2) is 28.6 Å². The number of phosphoric acid groups is 3. The molecule has 4 aromatic rings. The minimum atomic E-state index is -5.82. The van der Waals surface area contributed by atoms with E-state index in [1.165, 1.54) is 35.2 Å². The second kappa shape index (κ2) is 23.5. The van der Waals surface area contributed by atoms with Crippen molar-refractivity contribution in [3.05, 3.63) is 84.1 Å². The number of anilines is 2. The van der Waals surface area contributed by atoms with Crippen LogP contribution in [0.2, 0.25) is 0 Å². The van der Waals surface area contributed by atoms with Crippen LogP contribution >= 0.6 is 23.5 Å². The molecule has 6 unspecified atom stereocenters. The van der Waals surface area contributed by atoms with Crippen molar-refractivity contribution in [1.29, 1.82) is 0 Å². The van der Waals surface area contributed by atoms with Gasteiger partial charge in [-0.05, 0) is 94.3 Å². The van der Waals surface area contributed by atoms with Gasteiger partial charge in [0.1, 0.15) is 36.7 Å². The van der Waals surface area contributed by atoms with Crippen LogP contribution in [-0.4, -0.2) is 138 Å². The fourth-order valence-electron chi connectivity index (χ4n) is 11.0. The number of likely N-dealkylation sites (N-methyl/N-ethyl adjacent to an activating group) is 1. The smallest absolute Gasteiger partial charge is 0.387 e. The van der Waals surface area contributed by atoms with E-state index in [-0.39, 0.29) is 51.4 Å². The van der Waals surface area contributed by atoms with Crippen LogP contribution in [0.3, 0.4) is 0 Å². The van der Waals surface area contributed by atoms with Gasteiger partial charge in [0.25, 0.3) is 20.2 Å². The van der Waals surface area contributed by atoms with E-state index in [9.17, 15) is 69.3 Å². The standard InChI is InChI=1S/C47H63N8O20P3S2/c1-5-53-34-19-17-30(79(65,66)67)24-32(34)46(3)29(2)47(4)33-25-31(80(68,69)70)18-20-35(33)54(38(47)15-13-14-37(46)53)22-11-8-9-16-39(56)49-21-10-6-7-12-23-71-76(59,60)74-78(63,64)75-77(61,62)72-26-36-41(57)42(58)45(73-36)55-28-52-40-43(48)50-27-51-44(40)55/h13-15,17-20,24-25,27-29,36,41-42,45,57-58H,5-12,16,21-23,26H2,1-4H3,(H7-,48,49,50,51,56,59,60,61,62,63,64,65,66,67,68,69,70)/p+1/t29?,36-,41-,42-,45-,46?,47?/m1/s1. The van der Waals surface area contributed by atoms with Crippen LogP contribution in [0.5, 0.6) is 0 Å². The van der Waals surface area contributed by atoms with Crippen LogP contribution in [-0.2, 0) is 72.0 Å². The van der Waals surface area contributed by atoms with Gasteiger partial charge in [0.05, 0.1) is 34.7 Å². The average molecular weight is 1220 g/mol. The second-order valence-electron chi connectivity index (χ2n) is 20.0. The number of aliphatic hydroxyl groups excluding tert-OH is 2. The molecule has 80 heavy (non-hydrogen) atoms. The Bertz CT molecular complexity index is 3530. The summed E-state index contributed by atoms with van der Waals surface area (Å²) in [5.41, 5.74) is 8.91. The van der Waals surface area contributed by atoms with Crippen molar-refractivity contribution in [3.63, 3.8) is 0 Å². The number of carbonyl (C=O) groups is 1. The van der Waals surface area contributed by atoms with E-state index in [2.05, 4.69) is 42.9 Å². The number of nitrogens with one attached hydrogen (secondary N) is 1. The van der Waals surface area contributed by atoms with Crippen molar-refractivity contribution in [2.24, 2.45) is 5.92 Å². The number of amides is 1. The summed E-state index contributed by atoms with van der Waals surface area (Å²) in [5, 5.41) is 24.0. The van der Waals surface area contributed by atoms with Crippen LogP contribution in [0.4, 0.5) is 17.2 Å². The largest absolute Gasteiger partial charge is 0.490 e. The number of fused-ring (bicyclic) bond motifs is 7. The molecule has 0 spiro atoms. The van der Waals surface area contributed by atoms with Crippen LogP contribution in [0, 0.1) is 5.92 Å². The quantitative estimate of drug-likeness (QED) is 0.0181. The number of aliphatic hydroxyl groups is 2. The third-order valence-corrected chi connectivity index (χ3v) is 21.2. The monoisotopic (exact) mass is 1220 g/mol. The topological polar surface area (TPSA) is 412 Å². The van der Waals surface area contributed by atoms with Crippen molar-refractivity contribution in [1.82, 2.24) is 24.8 Å². The van der Waals surface area contributed by atoms with E-state index >= 15 is 0 Å². The first-order chi connectivity index (χ1) is 37.4. The van der Waals surface area contributed by atoms with Crippen LogP contribution in [0.15, 0.2) is 82.8 Å². The van der Waals surface area contributed by atoms with Crippen LogP contribution in [0.25, 0.3) is 11.2 Å². The molecule has 1 saturated heterocycles. The van der Waals surface area contributed by atoms with Gasteiger partial charge in [-0.2, -0.15) is 30.0 Å². The zero-order valence-corrected chi connectivity index (χ0v) is 48.1. The van der Waals surface area contributed by atoms with Crippen molar-refractivity contribution < 1.29 is 96.3 Å². The lowest BCUT2D eigenvalue weighted by molar-refractivity contribution is -0.438. The molecule has 8 rings (SSSR count). The molecule has 0 saturated carbocycles. The highest BCUT2D eigenvalue weighted by Gasteiger charge is 2.61. The maximum Gasteiger partial charge on any atom is 0.490 e. The Balaban J connectivity index is 0.766. The number of nitrogens with two attached hydrogens (primary N) is 1. The van der Waals surface area contributed by atoms with Gasteiger partial charge >= 0.3 is 23.5 Å². The second-order valence-corrected chi connectivity index (χ2v) is 27.5. The third-order valence-electron chi connectivity index (χ3n) is 15.2. The van der Waals surface area contributed by atoms with Gasteiger partial charge in [0.15, 0.2) is 23.4 Å². The van der Waals surface area contributed by atoms with E-state index in [1.54, 1.807) is 12.1 Å². The molecule has 1 fully saturated rings. The van der Waals surface area contributed by atoms with Crippen molar-refractivity contribution in [2.45, 2.75) is 124 Å². The summed E-state index contributed by atoms with van der Waals surface area (Å²) in [4.78, 5) is 56.4. The lowest BCUT2D eigenvalue weighted by atomic mass is 9.57. The highest BCUT2D eigenvalue weighted by atomic mass is 32.2. The van der Waals surface area contributed by atoms with Gasteiger partial charge in [-0.15, -0.1) is 0 Å². The molecule has 1 aliphatic carbocycles. The first-order valence-electron chi connectivity index (χ1n) is 25.4. The number of hydrogen-bond acceptors (Lipinski definition) is 20. The molecule has 1 amide bonds. The van der Waals surface area contributed by atoms with Crippen LogP contribution < -0.4 is 16.0 Å². The maximum atomic E-state index is 12.8. The number of rotatable bonds is 25. The van der Waals surface area contributed by atoms with Crippen LogP contribution in [0.1, 0.15) is 96.4 Å². The lowest BCUT2D eigenvalue weighted by Crippen LogP contribution is -2.49. The molecule has 2 aromatic carbocycles. The summed E-state index contributed by atoms with van der Waals surface area (Å²) >= 11 is 0. The summed E-state index contributed by atoms with van der Waals surface area (Å²) in [5.74, 6) is -0.521. The van der Waals surface area contributed by atoms with Gasteiger partial charge in [-0.3, -0.25) is 27.5 Å².